The van der Waals surface area contributed by atoms with E-state index in [4.69, 9.17) is 9.47 Å². The summed E-state index contributed by atoms with van der Waals surface area (Å²) in [6.07, 6.45) is -0.0204. The minimum absolute atomic E-state index is 0.0204. The van der Waals surface area contributed by atoms with Crippen LogP contribution in [0.2, 0.25) is 0 Å². The number of carbonyl (C=O) groups excluding carboxylic acids is 3. The molecule has 7 nitrogen and oxygen atoms in total. The highest BCUT2D eigenvalue weighted by atomic mass is 16.5. The molecule has 0 aromatic heterocycles. The summed E-state index contributed by atoms with van der Waals surface area (Å²) < 4.78 is 9.94. The second-order valence-electron chi connectivity index (χ2n) is 5.76. The third kappa shape index (κ3) is 6.47. The van der Waals surface area contributed by atoms with Crippen LogP contribution in [0.15, 0.2) is 48.5 Å². The lowest BCUT2D eigenvalue weighted by molar-refractivity contribution is -0.147. The number of methoxy groups -OCH3 is 1. The van der Waals surface area contributed by atoms with Gasteiger partial charge in [0.15, 0.2) is 6.61 Å². The summed E-state index contributed by atoms with van der Waals surface area (Å²) in [6, 6.07) is 14.0. The van der Waals surface area contributed by atoms with Crippen molar-refractivity contribution in [3.8, 4) is 5.75 Å². The first kappa shape index (κ1) is 20.0. The molecule has 2 amide bonds. The number of ether oxygens (including phenoxy) is 2. The predicted molar refractivity (Wildman–Crippen MR) is 101 cm³/mol. The molecule has 0 saturated carbocycles. The molecule has 0 saturated heterocycles. The number of hydrogen-bond donors (Lipinski definition) is 2. The van der Waals surface area contributed by atoms with Crippen molar-refractivity contribution in [2.45, 2.75) is 13.3 Å². The normalized spacial score (nSPS) is 10.0. The van der Waals surface area contributed by atoms with E-state index >= 15 is 0 Å². The number of carbonyl (C=O) groups is 3. The Labute approximate surface area is 157 Å². The fourth-order valence-electron chi connectivity index (χ4n) is 2.29. The van der Waals surface area contributed by atoms with E-state index in [0.29, 0.717) is 17.0 Å². The van der Waals surface area contributed by atoms with E-state index in [1.807, 2.05) is 19.1 Å². The largest absolute Gasteiger partial charge is 0.497 e. The standard InChI is InChI=1S/C20H22N2O5/c1-14-5-3-4-6-17(14)20(25)21-12-11-19(24)27-13-18(23)22-15-7-9-16(26-2)10-8-15/h3-10H,11-13H2,1-2H3,(H,21,25)(H,22,23). The molecule has 27 heavy (non-hydrogen) atoms. The van der Waals surface area contributed by atoms with Crippen molar-refractivity contribution in [1.82, 2.24) is 5.32 Å². The minimum Gasteiger partial charge on any atom is -0.497 e. The van der Waals surface area contributed by atoms with Gasteiger partial charge in [-0.1, -0.05) is 18.2 Å². The van der Waals surface area contributed by atoms with Gasteiger partial charge in [0.25, 0.3) is 11.8 Å². The van der Waals surface area contributed by atoms with Crippen molar-refractivity contribution in [3.05, 3.63) is 59.7 Å². The van der Waals surface area contributed by atoms with Crippen molar-refractivity contribution in [1.29, 1.82) is 0 Å². The van der Waals surface area contributed by atoms with Crippen LogP contribution in [0.1, 0.15) is 22.3 Å². The molecule has 7 heteroatoms. The van der Waals surface area contributed by atoms with E-state index < -0.39 is 18.5 Å². The first-order chi connectivity index (χ1) is 13.0. The third-order valence-electron chi connectivity index (χ3n) is 3.74. The second kappa shape index (κ2) is 9.96. The van der Waals surface area contributed by atoms with E-state index in [9.17, 15) is 14.4 Å². The molecule has 0 spiro atoms. The van der Waals surface area contributed by atoms with Gasteiger partial charge in [-0.05, 0) is 42.8 Å². The Morgan fingerprint density at radius 1 is 1.00 bits per heavy atom. The maximum atomic E-state index is 12.0. The summed E-state index contributed by atoms with van der Waals surface area (Å²) in [4.78, 5) is 35.5. The Morgan fingerprint density at radius 3 is 2.37 bits per heavy atom. The van der Waals surface area contributed by atoms with Crippen molar-refractivity contribution in [2.75, 3.05) is 25.6 Å². The van der Waals surface area contributed by atoms with Crippen LogP contribution in [0.5, 0.6) is 5.75 Å². The molecular weight excluding hydrogens is 348 g/mol. The smallest absolute Gasteiger partial charge is 0.308 e. The average molecular weight is 370 g/mol. The van der Waals surface area contributed by atoms with Gasteiger partial charge in [0, 0.05) is 17.8 Å². The molecule has 0 fully saturated rings. The lowest BCUT2D eigenvalue weighted by Gasteiger charge is -2.09. The summed E-state index contributed by atoms with van der Waals surface area (Å²) in [6.45, 7) is 1.58. The first-order valence-electron chi connectivity index (χ1n) is 8.43. The summed E-state index contributed by atoms with van der Waals surface area (Å²) in [7, 11) is 1.55. The van der Waals surface area contributed by atoms with E-state index in [1.54, 1.807) is 43.5 Å². The number of anilines is 1. The van der Waals surface area contributed by atoms with Gasteiger partial charge < -0.3 is 20.1 Å². The van der Waals surface area contributed by atoms with Crippen LogP contribution in [0.3, 0.4) is 0 Å². The molecule has 0 heterocycles. The van der Waals surface area contributed by atoms with Gasteiger partial charge in [-0.15, -0.1) is 0 Å². The minimum atomic E-state index is -0.565. The summed E-state index contributed by atoms with van der Waals surface area (Å²) in [5.74, 6) is -0.590. The number of nitrogens with one attached hydrogen (secondary N) is 2. The number of aryl methyl sites for hydroxylation is 1. The molecule has 0 bridgehead atoms. The SMILES string of the molecule is COc1ccc(NC(=O)COC(=O)CCNC(=O)c2ccccc2C)cc1. The van der Waals surface area contributed by atoms with Gasteiger partial charge in [0.05, 0.1) is 13.5 Å². The Morgan fingerprint density at radius 2 is 1.70 bits per heavy atom. The van der Waals surface area contributed by atoms with Crippen molar-refractivity contribution < 1.29 is 23.9 Å². The third-order valence-corrected chi connectivity index (χ3v) is 3.74. The zero-order valence-corrected chi connectivity index (χ0v) is 15.3. The Hall–Kier alpha value is -3.35. The molecule has 2 aromatic rings. The topological polar surface area (TPSA) is 93.7 Å². The van der Waals surface area contributed by atoms with Gasteiger partial charge in [0.2, 0.25) is 0 Å². The number of amides is 2. The lowest BCUT2D eigenvalue weighted by Crippen LogP contribution is -2.28. The Balaban J connectivity index is 1.67. The quantitative estimate of drug-likeness (QED) is 0.696. The number of benzene rings is 2. The van der Waals surface area contributed by atoms with E-state index in [2.05, 4.69) is 10.6 Å². The molecule has 0 atom stereocenters. The summed E-state index contributed by atoms with van der Waals surface area (Å²) >= 11 is 0. The molecule has 2 N–H and O–H groups in total. The van der Waals surface area contributed by atoms with Crippen LogP contribution in [0.4, 0.5) is 5.69 Å². The highest BCUT2D eigenvalue weighted by Crippen LogP contribution is 2.14. The number of hydrogen-bond acceptors (Lipinski definition) is 5. The van der Waals surface area contributed by atoms with Gasteiger partial charge >= 0.3 is 5.97 Å². The summed E-state index contributed by atoms with van der Waals surface area (Å²) in [5, 5.41) is 5.27. The Bertz CT molecular complexity index is 802. The molecule has 0 radical (unpaired) electrons. The zero-order valence-electron chi connectivity index (χ0n) is 15.3. The zero-order chi connectivity index (χ0) is 19.6. The predicted octanol–water partition coefficient (Wildman–Crippen LogP) is 2.31. The van der Waals surface area contributed by atoms with Gasteiger partial charge in [-0.3, -0.25) is 14.4 Å². The van der Waals surface area contributed by atoms with Crippen molar-refractivity contribution >= 4 is 23.5 Å². The Kier molecular flexibility index (Phi) is 7.37. The fraction of sp³-hybridized carbons (Fsp3) is 0.250. The number of esters is 1. The van der Waals surface area contributed by atoms with Crippen LogP contribution in [-0.2, 0) is 14.3 Å². The molecule has 0 unspecified atom stereocenters. The van der Waals surface area contributed by atoms with Crippen LogP contribution in [0.25, 0.3) is 0 Å². The molecular formula is C20H22N2O5. The van der Waals surface area contributed by atoms with E-state index in [0.717, 1.165) is 5.56 Å². The monoisotopic (exact) mass is 370 g/mol. The number of rotatable bonds is 8. The summed E-state index contributed by atoms with van der Waals surface area (Å²) in [5.41, 5.74) is 1.99. The van der Waals surface area contributed by atoms with Gasteiger partial charge in [-0.25, -0.2) is 0 Å². The van der Waals surface area contributed by atoms with Gasteiger partial charge in [-0.2, -0.15) is 0 Å². The molecule has 0 aliphatic carbocycles. The molecule has 142 valence electrons. The highest BCUT2D eigenvalue weighted by Gasteiger charge is 2.11. The van der Waals surface area contributed by atoms with Crippen molar-refractivity contribution in [3.63, 3.8) is 0 Å². The first-order valence-corrected chi connectivity index (χ1v) is 8.43. The van der Waals surface area contributed by atoms with E-state index in [1.165, 1.54) is 0 Å². The van der Waals surface area contributed by atoms with Crippen LogP contribution < -0.4 is 15.4 Å². The molecule has 0 aliphatic heterocycles. The highest BCUT2D eigenvalue weighted by molar-refractivity contribution is 5.96. The van der Waals surface area contributed by atoms with Crippen LogP contribution in [0, 0.1) is 6.92 Å². The molecule has 2 aromatic carbocycles. The molecule has 0 aliphatic rings. The van der Waals surface area contributed by atoms with E-state index in [-0.39, 0.29) is 18.9 Å². The second-order valence-corrected chi connectivity index (χ2v) is 5.76. The van der Waals surface area contributed by atoms with Crippen LogP contribution in [-0.4, -0.2) is 38.0 Å². The maximum absolute atomic E-state index is 12.0. The lowest BCUT2D eigenvalue weighted by atomic mass is 10.1. The average Bonchev–Trinajstić information content (AvgIpc) is 2.67. The van der Waals surface area contributed by atoms with Crippen LogP contribution >= 0.6 is 0 Å². The van der Waals surface area contributed by atoms with Gasteiger partial charge in [0.1, 0.15) is 5.75 Å². The maximum Gasteiger partial charge on any atom is 0.308 e. The van der Waals surface area contributed by atoms with Crippen molar-refractivity contribution in [2.24, 2.45) is 0 Å². The fourth-order valence-corrected chi connectivity index (χ4v) is 2.29. The molecule has 2 rings (SSSR count).